The van der Waals surface area contributed by atoms with E-state index in [0.29, 0.717) is 5.25 Å². The van der Waals surface area contributed by atoms with Crippen LogP contribution in [0.25, 0.3) is 0 Å². The van der Waals surface area contributed by atoms with Gasteiger partial charge in [0, 0.05) is 18.8 Å². The summed E-state index contributed by atoms with van der Waals surface area (Å²) in [6, 6.07) is 0. The van der Waals surface area contributed by atoms with Crippen LogP contribution in [-0.2, 0) is 0 Å². The Morgan fingerprint density at radius 1 is 1.80 bits per heavy atom. The summed E-state index contributed by atoms with van der Waals surface area (Å²) in [4.78, 5) is 6.58. The van der Waals surface area contributed by atoms with E-state index in [4.69, 9.17) is 0 Å². The van der Waals surface area contributed by atoms with Crippen molar-refractivity contribution in [1.29, 1.82) is 0 Å². The van der Waals surface area contributed by atoms with Gasteiger partial charge in [0.05, 0.1) is 6.54 Å². The van der Waals surface area contributed by atoms with Crippen molar-refractivity contribution in [2.75, 3.05) is 20.1 Å². The Morgan fingerprint density at radius 3 is 2.90 bits per heavy atom. The average Bonchev–Trinajstić information content (AvgIpc) is 2.34. The molecule has 58 valence electrons. The molecule has 0 aromatic rings. The van der Waals surface area contributed by atoms with Gasteiger partial charge in [-0.1, -0.05) is 18.7 Å². The summed E-state index contributed by atoms with van der Waals surface area (Å²) < 4.78 is 0. The van der Waals surface area contributed by atoms with Gasteiger partial charge in [0.1, 0.15) is 0 Å². The molecule has 3 heteroatoms. The molecule has 0 fully saturated rings. The van der Waals surface area contributed by atoms with Gasteiger partial charge in [-0.2, -0.15) is 0 Å². The Bertz CT molecular complexity index is 145. The van der Waals surface area contributed by atoms with Gasteiger partial charge in [-0.05, 0) is 6.92 Å². The number of thioether (sulfide) groups is 1. The van der Waals surface area contributed by atoms with E-state index >= 15 is 0 Å². The molecular weight excluding hydrogens is 144 g/mol. The fourth-order valence-corrected chi connectivity index (χ4v) is 1.77. The highest BCUT2D eigenvalue weighted by Gasteiger charge is 2.16. The molecule has 0 amide bonds. The number of amidine groups is 1. The smallest absolute Gasteiger partial charge is 0.159 e. The van der Waals surface area contributed by atoms with Crippen LogP contribution in [0.1, 0.15) is 13.8 Å². The van der Waals surface area contributed by atoms with Crippen molar-refractivity contribution in [2.24, 2.45) is 4.99 Å². The molecule has 0 aromatic carbocycles. The molecule has 0 saturated carbocycles. The molecule has 1 aliphatic heterocycles. The van der Waals surface area contributed by atoms with Crippen LogP contribution in [0, 0.1) is 0 Å². The zero-order valence-electron chi connectivity index (χ0n) is 6.79. The molecule has 1 unspecified atom stereocenters. The van der Waals surface area contributed by atoms with E-state index in [9.17, 15) is 0 Å². The Balaban J connectivity index is 2.43. The zero-order chi connectivity index (χ0) is 7.56. The van der Waals surface area contributed by atoms with Crippen LogP contribution < -0.4 is 0 Å². The normalized spacial score (nSPS) is 24.7. The Hall–Kier alpha value is -0.180. The first-order chi connectivity index (χ1) is 4.74. The topological polar surface area (TPSA) is 15.6 Å². The number of hydrogen-bond acceptors (Lipinski definition) is 3. The minimum absolute atomic E-state index is 0.684. The van der Waals surface area contributed by atoms with E-state index < -0.39 is 0 Å². The zero-order valence-corrected chi connectivity index (χ0v) is 7.61. The Kier molecular flexibility index (Phi) is 2.60. The maximum Gasteiger partial charge on any atom is 0.159 e. The first kappa shape index (κ1) is 7.92. The minimum atomic E-state index is 0.684. The second kappa shape index (κ2) is 3.28. The van der Waals surface area contributed by atoms with Crippen molar-refractivity contribution < 1.29 is 0 Å². The second-order valence-electron chi connectivity index (χ2n) is 2.57. The third-order valence-corrected chi connectivity index (χ3v) is 2.79. The molecule has 0 aliphatic carbocycles. The van der Waals surface area contributed by atoms with Crippen molar-refractivity contribution in [3.05, 3.63) is 0 Å². The standard InChI is InChI=1S/C7H14N2S/c1-4-9(3)7-8-5-6(2)10-7/h6H,4-5H2,1-3H3. The molecule has 0 saturated heterocycles. The summed E-state index contributed by atoms with van der Waals surface area (Å²) in [5.74, 6) is 0. The van der Waals surface area contributed by atoms with Crippen molar-refractivity contribution in [1.82, 2.24) is 4.90 Å². The van der Waals surface area contributed by atoms with Crippen LogP contribution in [0.4, 0.5) is 0 Å². The molecule has 0 bridgehead atoms. The first-order valence-corrected chi connectivity index (χ1v) is 4.54. The van der Waals surface area contributed by atoms with Crippen molar-refractivity contribution in [2.45, 2.75) is 19.1 Å². The minimum Gasteiger partial charge on any atom is -0.355 e. The van der Waals surface area contributed by atoms with E-state index in [1.807, 2.05) is 11.8 Å². The van der Waals surface area contributed by atoms with Gasteiger partial charge < -0.3 is 4.90 Å². The number of hydrogen-bond donors (Lipinski definition) is 0. The maximum absolute atomic E-state index is 4.39. The fourth-order valence-electron chi connectivity index (χ4n) is 0.807. The average molecular weight is 158 g/mol. The molecule has 0 N–H and O–H groups in total. The van der Waals surface area contributed by atoms with Gasteiger partial charge in [0.25, 0.3) is 0 Å². The summed E-state index contributed by atoms with van der Waals surface area (Å²) >= 11 is 1.87. The lowest BCUT2D eigenvalue weighted by atomic mass is 10.5. The van der Waals surface area contributed by atoms with Crippen molar-refractivity contribution in [3.8, 4) is 0 Å². The van der Waals surface area contributed by atoms with Gasteiger partial charge in [-0.3, -0.25) is 4.99 Å². The number of aliphatic imine (C=N–C) groups is 1. The van der Waals surface area contributed by atoms with Gasteiger partial charge in [0.2, 0.25) is 0 Å². The first-order valence-electron chi connectivity index (χ1n) is 3.66. The van der Waals surface area contributed by atoms with Crippen LogP contribution in [-0.4, -0.2) is 35.5 Å². The van der Waals surface area contributed by atoms with E-state index in [2.05, 4.69) is 30.8 Å². The molecule has 1 aliphatic rings. The fraction of sp³-hybridized carbons (Fsp3) is 0.857. The van der Waals surface area contributed by atoms with E-state index in [1.54, 1.807) is 0 Å². The van der Waals surface area contributed by atoms with E-state index in [-0.39, 0.29) is 0 Å². The summed E-state index contributed by atoms with van der Waals surface area (Å²) in [6.45, 7) is 6.40. The molecule has 1 rings (SSSR count). The van der Waals surface area contributed by atoms with Crippen LogP contribution >= 0.6 is 11.8 Å². The summed E-state index contributed by atoms with van der Waals surface area (Å²) in [6.07, 6.45) is 0. The van der Waals surface area contributed by atoms with Gasteiger partial charge in [-0.15, -0.1) is 0 Å². The lowest BCUT2D eigenvalue weighted by Crippen LogP contribution is -2.22. The van der Waals surface area contributed by atoms with Gasteiger partial charge in [0.15, 0.2) is 5.17 Å². The third-order valence-electron chi connectivity index (χ3n) is 1.59. The van der Waals surface area contributed by atoms with Crippen LogP contribution in [0.2, 0.25) is 0 Å². The predicted molar refractivity (Wildman–Crippen MR) is 47.7 cm³/mol. The molecule has 0 aromatic heterocycles. The monoisotopic (exact) mass is 158 g/mol. The van der Waals surface area contributed by atoms with Crippen LogP contribution in [0.15, 0.2) is 4.99 Å². The van der Waals surface area contributed by atoms with Crippen molar-refractivity contribution >= 4 is 16.9 Å². The summed E-state index contributed by atoms with van der Waals surface area (Å²) in [7, 11) is 2.09. The molecule has 1 heterocycles. The van der Waals surface area contributed by atoms with Gasteiger partial charge in [-0.25, -0.2) is 0 Å². The lowest BCUT2D eigenvalue weighted by Gasteiger charge is -2.15. The highest BCUT2D eigenvalue weighted by Crippen LogP contribution is 2.21. The third kappa shape index (κ3) is 1.66. The maximum atomic E-state index is 4.39. The Labute approximate surface area is 66.7 Å². The lowest BCUT2D eigenvalue weighted by molar-refractivity contribution is 0.546. The number of nitrogens with zero attached hydrogens (tertiary/aromatic N) is 2. The largest absolute Gasteiger partial charge is 0.355 e. The Morgan fingerprint density at radius 2 is 2.50 bits per heavy atom. The summed E-state index contributed by atoms with van der Waals surface area (Å²) in [5, 5.41) is 1.89. The highest BCUT2D eigenvalue weighted by atomic mass is 32.2. The molecule has 0 radical (unpaired) electrons. The SMILES string of the molecule is CCN(C)C1=NCC(C)S1. The van der Waals surface area contributed by atoms with E-state index in [0.717, 1.165) is 13.1 Å². The highest BCUT2D eigenvalue weighted by molar-refractivity contribution is 8.14. The van der Waals surface area contributed by atoms with Gasteiger partial charge >= 0.3 is 0 Å². The molecule has 10 heavy (non-hydrogen) atoms. The van der Waals surface area contributed by atoms with E-state index in [1.165, 1.54) is 5.17 Å². The second-order valence-corrected chi connectivity index (χ2v) is 3.97. The molecule has 1 atom stereocenters. The molecular formula is C7H14N2S. The molecule has 2 nitrogen and oxygen atoms in total. The predicted octanol–water partition coefficient (Wildman–Crippen LogP) is 1.43. The summed E-state index contributed by atoms with van der Waals surface area (Å²) in [5.41, 5.74) is 0. The van der Waals surface area contributed by atoms with Crippen LogP contribution in [0.3, 0.4) is 0 Å². The quantitative estimate of drug-likeness (QED) is 0.573. The van der Waals surface area contributed by atoms with Crippen LogP contribution in [0.5, 0.6) is 0 Å². The molecule has 0 spiro atoms. The van der Waals surface area contributed by atoms with Crippen molar-refractivity contribution in [3.63, 3.8) is 0 Å². The number of rotatable bonds is 1.